The van der Waals surface area contributed by atoms with Crippen LogP contribution in [0.5, 0.6) is 0 Å². The second-order valence-electron chi connectivity index (χ2n) is 12.7. The third-order valence-electron chi connectivity index (χ3n) is 8.78. The van der Waals surface area contributed by atoms with E-state index in [1.165, 1.54) is 143 Å². The molecule has 2 heterocycles. The van der Waals surface area contributed by atoms with E-state index < -0.39 is 0 Å². The highest BCUT2D eigenvalue weighted by atomic mass is 32.1. The number of esters is 1. The van der Waals surface area contributed by atoms with Crippen LogP contribution in [0.1, 0.15) is 169 Å². The molecule has 0 unspecified atom stereocenters. The first-order valence-corrected chi connectivity index (χ1v) is 19.8. The van der Waals surface area contributed by atoms with Gasteiger partial charge in [-0.1, -0.05) is 160 Å². The Morgan fingerprint density at radius 3 is 1.66 bits per heavy atom. The van der Waals surface area contributed by atoms with E-state index in [1.807, 2.05) is 41.7 Å². The van der Waals surface area contributed by atoms with Gasteiger partial charge in [0.1, 0.15) is 11.5 Å². The number of unbranched alkanes of at least 4 members (excludes halogenated alkanes) is 18. The van der Waals surface area contributed by atoms with E-state index in [0.717, 1.165) is 29.7 Å². The maximum atomic E-state index is 13.4. The first-order valence-electron chi connectivity index (χ1n) is 18.1. The third-order valence-corrected chi connectivity index (χ3v) is 11.1. The molecule has 0 saturated carbocycles. The molecule has 0 aliphatic heterocycles. The Bertz CT molecular complexity index is 1130. The van der Waals surface area contributed by atoms with Gasteiger partial charge in [-0.05, 0) is 59.9 Å². The predicted octanol–water partition coefficient (Wildman–Crippen LogP) is 13.8. The molecule has 0 aliphatic rings. The van der Waals surface area contributed by atoms with Crippen molar-refractivity contribution in [3.8, 4) is 9.75 Å². The van der Waals surface area contributed by atoms with E-state index in [9.17, 15) is 4.79 Å². The van der Waals surface area contributed by atoms with Crippen molar-refractivity contribution in [1.29, 1.82) is 0 Å². The van der Waals surface area contributed by atoms with E-state index in [1.54, 1.807) is 11.3 Å². The van der Waals surface area contributed by atoms with Gasteiger partial charge < -0.3 is 4.74 Å². The maximum absolute atomic E-state index is 13.4. The van der Waals surface area contributed by atoms with Crippen LogP contribution in [-0.4, -0.2) is 5.97 Å². The second-order valence-corrected chi connectivity index (χ2v) is 14.6. The Kier molecular flexibility index (Phi) is 19.5. The average molecular weight is 637 g/mol. The van der Waals surface area contributed by atoms with Gasteiger partial charge in [0, 0.05) is 9.75 Å². The molecule has 2 aromatic heterocycles. The highest BCUT2D eigenvalue weighted by molar-refractivity contribution is 7.22. The molecule has 0 fully saturated rings. The van der Waals surface area contributed by atoms with E-state index >= 15 is 0 Å². The molecule has 0 radical (unpaired) electrons. The smallest absolute Gasteiger partial charge is 0.348 e. The second kappa shape index (κ2) is 23.4. The summed E-state index contributed by atoms with van der Waals surface area (Å²) < 4.78 is 5.83. The van der Waals surface area contributed by atoms with Gasteiger partial charge in [-0.3, -0.25) is 0 Å². The molecule has 1 aromatic carbocycles. The van der Waals surface area contributed by atoms with Crippen LogP contribution in [0, 0.1) is 0 Å². The van der Waals surface area contributed by atoms with Gasteiger partial charge >= 0.3 is 5.97 Å². The van der Waals surface area contributed by atoms with E-state index in [4.69, 9.17) is 4.74 Å². The van der Waals surface area contributed by atoms with Gasteiger partial charge in [0.15, 0.2) is 0 Å². The first-order chi connectivity index (χ1) is 21.7. The SMILES string of the molecule is CCCCCCCCCCCCc1cc(-c2sccc2CCCCCCCCCCCC)sc1C(=O)OCc1ccccc1. The number of ether oxygens (including phenoxy) is 1. The van der Waals surface area contributed by atoms with Gasteiger partial charge in [0.25, 0.3) is 0 Å². The molecule has 4 heteroatoms. The fourth-order valence-corrected chi connectivity index (χ4v) is 8.26. The van der Waals surface area contributed by atoms with Crippen LogP contribution in [0.4, 0.5) is 0 Å². The van der Waals surface area contributed by atoms with Crippen molar-refractivity contribution in [2.45, 2.75) is 162 Å². The predicted molar refractivity (Wildman–Crippen MR) is 194 cm³/mol. The summed E-state index contributed by atoms with van der Waals surface area (Å²) in [6.45, 7) is 4.90. The molecule has 0 bridgehead atoms. The van der Waals surface area contributed by atoms with Crippen LogP contribution in [0.3, 0.4) is 0 Å². The van der Waals surface area contributed by atoms with Crippen LogP contribution < -0.4 is 0 Å². The zero-order valence-electron chi connectivity index (χ0n) is 28.0. The number of rotatable bonds is 26. The quantitative estimate of drug-likeness (QED) is 0.0647. The standard InChI is InChI=1S/C40H60O2S2/c1-3-5-7-9-11-13-15-17-19-24-28-35-30-31-43-38(35)37-32-36(29-25-20-18-16-14-12-10-8-6-4-2)39(44-37)40(41)42-33-34-26-22-21-23-27-34/h21-23,26-27,30-32H,3-20,24-25,28-29,33H2,1-2H3. The monoisotopic (exact) mass is 636 g/mol. The average Bonchev–Trinajstić information content (AvgIpc) is 3.69. The largest absolute Gasteiger partial charge is 0.457 e. The number of thiophene rings is 2. The fourth-order valence-electron chi connectivity index (χ4n) is 6.04. The molecule has 2 nitrogen and oxygen atoms in total. The number of hydrogen-bond donors (Lipinski definition) is 0. The lowest BCUT2D eigenvalue weighted by Gasteiger charge is -2.06. The summed E-state index contributed by atoms with van der Waals surface area (Å²) in [5, 5.41) is 2.23. The minimum atomic E-state index is -0.167. The van der Waals surface area contributed by atoms with Crippen LogP contribution in [0.2, 0.25) is 0 Å². The molecule has 0 saturated heterocycles. The summed E-state index contributed by atoms with van der Waals surface area (Å²) >= 11 is 3.48. The summed E-state index contributed by atoms with van der Waals surface area (Å²) in [5.74, 6) is -0.167. The fraction of sp³-hybridized carbons (Fsp3) is 0.625. The number of aryl methyl sites for hydroxylation is 2. The minimum absolute atomic E-state index is 0.167. The lowest BCUT2D eigenvalue weighted by molar-refractivity contribution is 0.0477. The molecule has 0 amide bonds. The molecule has 3 aromatic rings. The topological polar surface area (TPSA) is 26.3 Å². The summed E-state index contributed by atoms with van der Waals surface area (Å²) in [6.07, 6.45) is 29.0. The van der Waals surface area contributed by atoms with Crippen molar-refractivity contribution in [2.75, 3.05) is 0 Å². The molecule has 44 heavy (non-hydrogen) atoms. The summed E-state index contributed by atoms with van der Waals surface area (Å²) in [6, 6.07) is 14.6. The van der Waals surface area contributed by atoms with Gasteiger partial charge in [-0.2, -0.15) is 0 Å². The lowest BCUT2D eigenvalue weighted by atomic mass is 10.0. The normalized spacial score (nSPS) is 11.3. The molecule has 0 spiro atoms. The highest BCUT2D eigenvalue weighted by Crippen LogP contribution is 2.39. The van der Waals surface area contributed by atoms with Crippen LogP contribution >= 0.6 is 22.7 Å². The minimum Gasteiger partial charge on any atom is -0.457 e. The van der Waals surface area contributed by atoms with Gasteiger partial charge in [0.2, 0.25) is 0 Å². The Labute approximate surface area is 278 Å². The van der Waals surface area contributed by atoms with Crippen molar-refractivity contribution in [2.24, 2.45) is 0 Å². The number of carbonyl (C=O) groups excluding carboxylic acids is 1. The highest BCUT2D eigenvalue weighted by Gasteiger charge is 2.20. The van der Waals surface area contributed by atoms with Crippen molar-refractivity contribution in [1.82, 2.24) is 0 Å². The van der Waals surface area contributed by atoms with Gasteiger partial charge in [-0.15, -0.1) is 22.7 Å². The molecular formula is C40H60O2S2. The summed E-state index contributed by atoms with van der Waals surface area (Å²) in [7, 11) is 0. The molecule has 0 atom stereocenters. The molecule has 244 valence electrons. The van der Waals surface area contributed by atoms with Crippen molar-refractivity contribution < 1.29 is 9.53 Å². The molecule has 3 rings (SSSR count). The zero-order chi connectivity index (χ0) is 31.1. The Morgan fingerprint density at radius 2 is 1.11 bits per heavy atom. The van der Waals surface area contributed by atoms with Crippen molar-refractivity contribution >= 4 is 28.6 Å². The summed E-state index contributed by atoms with van der Waals surface area (Å²) in [5.41, 5.74) is 3.66. The summed E-state index contributed by atoms with van der Waals surface area (Å²) in [4.78, 5) is 16.8. The third kappa shape index (κ3) is 14.5. The Balaban J connectivity index is 1.51. The maximum Gasteiger partial charge on any atom is 0.348 e. The number of benzene rings is 1. The van der Waals surface area contributed by atoms with Gasteiger partial charge in [0.05, 0.1) is 0 Å². The number of carbonyl (C=O) groups is 1. The van der Waals surface area contributed by atoms with E-state index in [0.29, 0.717) is 6.61 Å². The zero-order valence-corrected chi connectivity index (χ0v) is 29.6. The van der Waals surface area contributed by atoms with Crippen LogP contribution in [0.15, 0.2) is 47.8 Å². The van der Waals surface area contributed by atoms with Crippen molar-refractivity contribution in [3.05, 3.63) is 69.4 Å². The molecular weight excluding hydrogens is 577 g/mol. The number of hydrogen-bond acceptors (Lipinski definition) is 4. The first kappa shape index (κ1) is 36.6. The van der Waals surface area contributed by atoms with Crippen LogP contribution in [0.25, 0.3) is 9.75 Å². The lowest BCUT2D eigenvalue weighted by Crippen LogP contribution is -2.05. The molecule has 0 N–H and O–H groups in total. The van der Waals surface area contributed by atoms with Crippen LogP contribution in [-0.2, 0) is 24.2 Å². The Morgan fingerprint density at radius 1 is 0.614 bits per heavy atom. The van der Waals surface area contributed by atoms with E-state index in [-0.39, 0.29) is 5.97 Å². The Hall–Kier alpha value is -1.91. The van der Waals surface area contributed by atoms with Crippen molar-refractivity contribution in [3.63, 3.8) is 0 Å². The van der Waals surface area contributed by atoms with E-state index in [2.05, 4.69) is 31.4 Å². The van der Waals surface area contributed by atoms with Gasteiger partial charge in [-0.25, -0.2) is 4.79 Å². The molecule has 0 aliphatic carbocycles.